The van der Waals surface area contributed by atoms with Gasteiger partial charge in [-0.05, 0) is 58.6 Å². The van der Waals surface area contributed by atoms with E-state index in [0.29, 0.717) is 18.1 Å². The molecule has 0 aliphatic heterocycles. The van der Waals surface area contributed by atoms with Crippen molar-refractivity contribution in [1.29, 1.82) is 0 Å². The lowest BCUT2D eigenvalue weighted by atomic mass is 9.81. The fourth-order valence-electron chi connectivity index (χ4n) is 3.87. The van der Waals surface area contributed by atoms with E-state index < -0.39 is 15.6 Å². The maximum absolute atomic E-state index is 11.3. The van der Waals surface area contributed by atoms with Crippen molar-refractivity contribution >= 4 is 15.6 Å². The maximum atomic E-state index is 11.3. The van der Waals surface area contributed by atoms with E-state index in [0.717, 1.165) is 33.4 Å². The summed E-state index contributed by atoms with van der Waals surface area (Å²) in [7, 11) is 0. The molecule has 0 heterocycles. The second kappa shape index (κ2) is 8.72. The molecule has 2 rings (SSSR count). The van der Waals surface area contributed by atoms with Crippen LogP contribution in [0.25, 0.3) is 0 Å². The summed E-state index contributed by atoms with van der Waals surface area (Å²) in [5.74, 6) is 0.664. The van der Waals surface area contributed by atoms with Crippen molar-refractivity contribution in [2.24, 2.45) is 0 Å². The highest BCUT2D eigenvalue weighted by Crippen LogP contribution is 2.44. The van der Waals surface area contributed by atoms with Crippen LogP contribution in [0.3, 0.4) is 0 Å². The molecule has 2 aromatic carbocycles. The standard InChI is InChI=1S/C23H31O2.C2H5O.Al.H/c1-14-9-16(20(24)18(11-14)22(3,4)5)13-17-10-15(2)12-19(21(17)25)23(6,7)8;1-2-3;;/h9-13,24-25H,1-8H3;2H2,1H3;;/q;-1;+1;. The molecule has 0 saturated heterocycles. The number of benzene rings is 2. The summed E-state index contributed by atoms with van der Waals surface area (Å²) in [6.45, 7) is 19.4. The van der Waals surface area contributed by atoms with Crippen LogP contribution in [0.15, 0.2) is 24.3 Å². The van der Waals surface area contributed by atoms with Crippen molar-refractivity contribution < 1.29 is 14.0 Å². The molecule has 0 aliphatic carbocycles. The molecular formula is C25H37AlO3. The van der Waals surface area contributed by atoms with Crippen LogP contribution < -0.4 is 0 Å². The lowest BCUT2D eigenvalue weighted by Crippen LogP contribution is -2.19. The molecule has 0 atom stereocenters. The van der Waals surface area contributed by atoms with Crippen molar-refractivity contribution in [3.63, 3.8) is 0 Å². The molecule has 0 unspecified atom stereocenters. The molecule has 29 heavy (non-hydrogen) atoms. The van der Waals surface area contributed by atoms with Crippen LogP contribution >= 0.6 is 0 Å². The fourth-order valence-corrected chi connectivity index (χ4v) is 5.32. The van der Waals surface area contributed by atoms with E-state index in [-0.39, 0.29) is 15.6 Å². The Morgan fingerprint density at radius 3 is 1.48 bits per heavy atom. The van der Waals surface area contributed by atoms with E-state index in [2.05, 4.69) is 79.7 Å². The van der Waals surface area contributed by atoms with E-state index in [1.54, 1.807) is 0 Å². The monoisotopic (exact) mass is 412 g/mol. The second-order valence-corrected chi connectivity index (χ2v) is 11.8. The highest BCUT2D eigenvalue weighted by atomic mass is 27.1. The third kappa shape index (κ3) is 5.37. The first kappa shape index (κ1) is 23.8. The van der Waals surface area contributed by atoms with Gasteiger partial charge in [-0.1, -0.05) is 76.9 Å². The largest absolute Gasteiger partial charge is 0.507 e. The van der Waals surface area contributed by atoms with Gasteiger partial charge in [-0.25, -0.2) is 0 Å². The Kier molecular flexibility index (Phi) is 7.16. The number of phenols is 2. The molecule has 0 spiro atoms. The zero-order chi connectivity index (χ0) is 22.1. The average Bonchev–Trinajstić information content (AvgIpc) is 2.58. The third-order valence-electron chi connectivity index (χ3n) is 5.42. The summed E-state index contributed by atoms with van der Waals surface area (Å²) in [4.78, 5) is 0. The minimum absolute atomic E-state index is 0.114. The molecule has 158 valence electrons. The molecule has 0 bridgehead atoms. The lowest BCUT2D eigenvalue weighted by molar-refractivity contribution is 0.353. The average molecular weight is 413 g/mol. The molecule has 4 heteroatoms. The number of hydrogen-bond acceptors (Lipinski definition) is 3. The Labute approximate surface area is 183 Å². The summed E-state index contributed by atoms with van der Waals surface area (Å²) in [6.07, 6.45) is 0. The second-order valence-electron chi connectivity index (χ2n) is 10.2. The van der Waals surface area contributed by atoms with Gasteiger partial charge in [0.2, 0.25) is 0 Å². The molecule has 2 aromatic rings. The molecule has 0 radical (unpaired) electrons. The van der Waals surface area contributed by atoms with Crippen LogP contribution in [0.2, 0.25) is 0 Å². The smallest absolute Gasteiger partial charge is 0.448 e. The number of rotatable bonds is 5. The van der Waals surface area contributed by atoms with Gasteiger partial charge in [-0.3, -0.25) is 0 Å². The maximum Gasteiger partial charge on any atom is 0.448 e. The Morgan fingerprint density at radius 2 is 1.17 bits per heavy atom. The van der Waals surface area contributed by atoms with E-state index in [9.17, 15) is 10.2 Å². The van der Waals surface area contributed by atoms with Gasteiger partial charge in [0.25, 0.3) is 0 Å². The van der Waals surface area contributed by atoms with Crippen LogP contribution in [-0.2, 0) is 14.6 Å². The van der Waals surface area contributed by atoms with Gasteiger partial charge in [-0.2, -0.15) is 0 Å². The SMILES string of the molecule is CC[O][AlH][CH](c1cc(C)cc(C(C)(C)C)c1O)c1cc(C)cc(C(C)(C)C)c1O. The normalized spacial score (nSPS) is 12.5. The molecule has 0 aliphatic rings. The number of phenolic OH excluding ortho intramolecular Hbond substituents is 2. The summed E-state index contributed by atoms with van der Waals surface area (Å²) in [6, 6.07) is 8.24. The molecule has 0 saturated carbocycles. The molecule has 3 nitrogen and oxygen atoms in total. The molecule has 2 N–H and O–H groups in total. The zero-order valence-corrected chi connectivity index (χ0v) is 21.0. The van der Waals surface area contributed by atoms with Crippen molar-refractivity contribution in [3.8, 4) is 11.5 Å². The summed E-state index contributed by atoms with van der Waals surface area (Å²) in [5, 5.41) is 22.5. The Bertz CT molecular complexity index is 804. The minimum Gasteiger partial charge on any atom is -0.507 e. The van der Waals surface area contributed by atoms with Crippen molar-refractivity contribution in [1.82, 2.24) is 0 Å². The van der Waals surface area contributed by atoms with Crippen LogP contribution in [0.4, 0.5) is 0 Å². The highest BCUT2D eigenvalue weighted by molar-refractivity contribution is 6.31. The molecule has 0 fully saturated rings. The predicted molar refractivity (Wildman–Crippen MR) is 124 cm³/mol. The first-order valence-electron chi connectivity index (χ1n) is 10.5. The number of aryl methyl sites for hydroxylation is 2. The topological polar surface area (TPSA) is 49.7 Å². The quantitative estimate of drug-likeness (QED) is 0.612. The fraction of sp³-hybridized carbons (Fsp3) is 0.520. The predicted octanol–water partition coefficient (Wildman–Crippen LogP) is 5.79. The number of aromatic hydroxyl groups is 2. The van der Waals surface area contributed by atoms with Crippen molar-refractivity contribution in [2.45, 2.75) is 77.9 Å². The van der Waals surface area contributed by atoms with Gasteiger partial charge >= 0.3 is 15.6 Å². The Morgan fingerprint density at radius 1 is 0.793 bits per heavy atom. The lowest BCUT2D eigenvalue weighted by Gasteiger charge is -2.28. The zero-order valence-electron chi connectivity index (χ0n) is 19.6. The van der Waals surface area contributed by atoms with E-state index >= 15 is 0 Å². The van der Waals surface area contributed by atoms with Gasteiger partial charge in [0.15, 0.2) is 0 Å². The highest BCUT2D eigenvalue weighted by Gasteiger charge is 2.31. The van der Waals surface area contributed by atoms with Crippen LogP contribution in [0, 0.1) is 13.8 Å². The minimum atomic E-state index is -1.09. The molecule has 0 aromatic heterocycles. The van der Waals surface area contributed by atoms with Gasteiger partial charge < -0.3 is 14.0 Å². The van der Waals surface area contributed by atoms with E-state index in [4.69, 9.17) is 3.79 Å². The van der Waals surface area contributed by atoms with Crippen molar-refractivity contribution in [3.05, 3.63) is 57.6 Å². The van der Waals surface area contributed by atoms with Crippen LogP contribution in [-0.4, -0.2) is 32.4 Å². The van der Waals surface area contributed by atoms with E-state index in [1.165, 1.54) is 0 Å². The van der Waals surface area contributed by atoms with Crippen LogP contribution in [0.5, 0.6) is 11.5 Å². The summed E-state index contributed by atoms with van der Waals surface area (Å²) < 4.78 is 5.85. The third-order valence-corrected chi connectivity index (χ3v) is 7.28. The molecular weight excluding hydrogens is 375 g/mol. The van der Waals surface area contributed by atoms with Crippen molar-refractivity contribution in [2.75, 3.05) is 6.61 Å². The Hall–Kier alpha value is -1.47. The van der Waals surface area contributed by atoms with Gasteiger partial charge in [0.05, 0.1) is 0 Å². The van der Waals surface area contributed by atoms with Gasteiger partial charge in [0, 0.05) is 6.61 Å². The van der Waals surface area contributed by atoms with Gasteiger partial charge in [-0.15, -0.1) is 0 Å². The molecule has 0 amide bonds. The first-order valence-corrected chi connectivity index (χ1v) is 11.9. The van der Waals surface area contributed by atoms with Crippen LogP contribution in [0.1, 0.15) is 86.6 Å². The summed E-state index contributed by atoms with van der Waals surface area (Å²) in [5.41, 5.74) is 5.49. The first-order chi connectivity index (χ1) is 13.3. The number of hydrogen-bond donors (Lipinski definition) is 2. The Balaban J connectivity index is 2.79. The van der Waals surface area contributed by atoms with E-state index in [1.807, 2.05) is 6.92 Å². The summed E-state index contributed by atoms with van der Waals surface area (Å²) >= 11 is -1.09. The van der Waals surface area contributed by atoms with Gasteiger partial charge in [0.1, 0.15) is 11.5 Å².